The Morgan fingerprint density at radius 3 is 2.61 bits per heavy atom. The second-order valence-electron chi connectivity index (χ2n) is 3.67. The van der Waals surface area contributed by atoms with Crippen LogP contribution < -0.4 is 4.72 Å². The predicted molar refractivity (Wildman–Crippen MR) is 74.6 cm³/mol. The zero-order valence-corrected chi connectivity index (χ0v) is 13.3. The van der Waals surface area contributed by atoms with Gasteiger partial charge in [0, 0.05) is 11.4 Å². The van der Waals surface area contributed by atoms with E-state index in [2.05, 4.69) is 20.7 Å². The van der Waals surface area contributed by atoms with Gasteiger partial charge in [-0.25, -0.2) is 17.5 Å². The molecule has 0 amide bonds. The van der Waals surface area contributed by atoms with Gasteiger partial charge in [0.25, 0.3) is 0 Å². The highest BCUT2D eigenvalue weighted by Crippen LogP contribution is 2.29. The molecular formula is C10H11BrCl2FNO2S. The van der Waals surface area contributed by atoms with Gasteiger partial charge in [-0.05, 0) is 25.5 Å². The molecule has 102 valence electrons. The molecule has 8 heteroatoms. The molecule has 1 rings (SSSR count). The van der Waals surface area contributed by atoms with Crippen LogP contribution in [0.4, 0.5) is 4.39 Å². The Labute approximate surface area is 124 Å². The van der Waals surface area contributed by atoms with Crippen LogP contribution >= 0.6 is 39.1 Å². The molecule has 1 N–H and O–H groups in total. The van der Waals surface area contributed by atoms with E-state index in [0.717, 1.165) is 6.07 Å². The van der Waals surface area contributed by atoms with E-state index in [-0.39, 0.29) is 16.0 Å². The van der Waals surface area contributed by atoms with Crippen molar-refractivity contribution < 1.29 is 12.8 Å². The quantitative estimate of drug-likeness (QED) is 0.628. The SMILES string of the molecule is CC(CCBr)NS(=O)(=O)c1ccc(Cl)c(F)c1Cl. The summed E-state index contributed by atoms with van der Waals surface area (Å²) < 4.78 is 39.8. The Morgan fingerprint density at radius 2 is 2.06 bits per heavy atom. The standard InChI is InChI=1S/C10H11BrCl2FNO2S/c1-6(4-5-11)15-18(16,17)8-3-2-7(12)10(14)9(8)13/h2-3,6,15H,4-5H2,1H3. The van der Waals surface area contributed by atoms with Gasteiger partial charge in [-0.1, -0.05) is 39.1 Å². The van der Waals surface area contributed by atoms with Gasteiger partial charge in [-0.2, -0.15) is 0 Å². The molecule has 0 aromatic heterocycles. The number of hydrogen-bond donors (Lipinski definition) is 1. The van der Waals surface area contributed by atoms with Crippen molar-refractivity contribution in [1.29, 1.82) is 0 Å². The van der Waals surface area contributed by atoms with Gasteiger partial charge in [0.2, 0.25) is 10.0 Å². The van der Waals surface area contributed by atoms with Gasteiger partial charge in [0.1, 0.15) is 4.90 Å². The topological polar surface area (TPSA) is 46.2 Å². The van der Waals surface area contributed by atoms with Crippen LogP contribution in [0.15, 0.2) is 17.0 Å². The van der Waals surface area contributed by atoms with Crippen molar-refractivity contribution in [3.63, 3.8) is 0 Å². The Kier molecular flexibility index (Phi) is 5.86. The minimum Gasteiger partial charge on any atom is -0.208 e. The van der Waals surface area contributed by atoms with Crippen LogP contribution in [-0.2, 0) is 10.0 Å². The van der Waals surface area contributed by atoms with E-state index < -0.39 is 20.9 Å². The van der Waals surface area contributed by atoms with E-state index >= 15 is 0 Å². The molecule has 0 fully saturated rings. The molecule has 1 atom stereocenters. The smallest absolute Gasteiger partial charge is 0.208 e. The summed E-state index contributed by atoms with van der Waals surface area (Å²) in [5, 5.41) is -0.0622. The average molecular weight is 379 g/mol. The van der Waals surface area contributed by atoms with Crippen molar-refractivity contribution >= 4 is 49.2 Å². The van der Waals surface area contributed by atoms with Crippen molar-refractivity contribution in [2.24, 2.45) is 0 Å². The summed E-state index contributed by atoms with van der Waals surface area (Å²) in [6, 6.07) is 2.05. The zero-order chi connectivity index (χ0) is 13.9. The number of nitrogens with one attached hydrogen (secondary N) is 1. The number of hydrogen-bond acceptors (Lipinski definition) is 2. The Bertz CT molecular complexity index is 539. The van der Waals surface area contributed by atoms with Crippen LogP contribution in [0.5, 0.6) is 0 Å². The van der Waals surface area contributed by atoms with Gasteiger partial charge in [0.05, 0.1) is 10.0 Å². The molecule has 0 saturated heterocycles. The van der Waals surface area contributed by atoms with E-state index in [1.54, 1.807) is 6.92 Å². The van der Waals surface area contributed by atoms with Gasteiger partial charge in [-0.3, -0.25) is 0 Å². The average Bonchev–Trinajstić information content (AvgIpc) is 2.25. The molecule has 0 saturated carbocycles. The number of halogens is 4. The monoisotopic (exact) mass is 377 g/mol. The Hall–Kier alpha value is 0.120. The zero-order valence-electron chi connectivity index (χ0n) is 9.38. The first-order valence-electron chi connectivity index (χ1n) is 5.01. The largest absolute Gasteiger partial charge is 0.242 e. The number of rotatable bonds is 5. The molecule has 0 radical (unpaired) electrons. The molecule has 0 aliphatic heterocycles. The van der Waals surface area contributed by atoms with Crippen LogP contribution in [0, 0.1) is 5.82 Å². The third kappa shape index (κ3) is 3.81. The fourth-order valence-electron chi connectivity index (χ4n) is 1.27. The van der Waals surface area contributed by atoms with Crippen LogP contribution in [-0.4, -0.2) is 19.8 Å². The number of benzene rings is 1. The highest BCUT2D eigenvalue weighted by Gasteiger charge is 2.23. The van der Waals surface area contributed by atoms with E-state index in [1.807, 2.05) is 0 Å². The molecule has 18 heavy (non-hydrogen) atoms. The van der Waals surface area contributed by atoms with Crippen molar-refractivity contribution in [3.05, 3.63) is 28.0 Å². The number of alkyl halides is 1. The third-order valence-electron chi connectivity index (χ3n) is 2.19. The van der Waals surface area contributed by atoms with Crippen molar-refractivity contribution in [2.45, 2.75) is 24.3 Å². The number of sulfonamides is 1. The van der Waals surface area contributed by atoms with Crippen molar-refractivity contribution in [3.8, 4) is 0 Å². The van der Waals surface area contributed by atoms with Gasteiger partial charge >= 0.3 is 0 Å². The van der Waals surface area contributed by atoms with E-state index in [1.165, 1.54) is 6.07 Å². The fourth-order valence-corrected chi connectivity index (χ4v) is 3.98. The lowest BCUT2D eigenvalue weighted by molar-refractivity contribution is 0.555. The minimum atomic E-state index is -3.85. The van der Waals surface area contributed by atoms with E-state index in [9.17, 15) is 12.8 Å². The van der Waals surface area contributed by atoms with Gasteiger partial charge < -0.3 is 0 Å². The molecule has 1 aromatic carbocycles. The lowest BCUT2D eigenvalue weighted by Crippen LogP contribution is -2.33. The third-order valence-corrected chi connectivity index (χ3v) is 5.05. The van der Waals surface area contributed by atoms with Crippen LogP contribution in [0.2, 0.25) is 10.0 Å². The normalized spacial score (nSPS) is 13.6. The molecular weight excluding hydrogens is 368 g/mol. The molecule has 1 aromatic rings. The van der Waals surface area contributed by atoms with Crippen molar-refractivity contribution in [2.75, 3.05) is 5.33 Å². The van der Waals surface area contributed by atoms with Crippen LogP contribution in [0.25, 0.3) is 0 Å². The first-order valence-corrected chi connectivity index (χ1v) is 8.37. The first kappa shape index (κ1) is 16.2. The summed E-state index contributed by atoms with van der Waals surface area (Å²) in [5.41, 5.74) is 0. The maximum Gasteiger partial charge on any atom is 0.242 e. The maximum atomic E-state index is 13.4. The lowest BCUT2D eigenvalue weighted by Gasteiger charge is -2.14. The summed E-state index contributed by atoms with van der Waals surface area (Å²) in [6.07, 6.45) is 0.604. The highest BCUT2D eigenvalue weighted by molar-refractivity contribution is 9.09. The van der Waals surface area contributed by atoms with Crippen molar-refractivity contribution in [1.82, 2.24) is 4.72 Å². The predicted octanol–water partition coefficient (Wildman–Crippen LogP) is 3.58. The molecule has 3 nitrogen and oxygen atoms in total. The van der Waals surface area contributed by atoms with Gasteiger partial charge in [-0.15, -0.1) is 0 Å². The summed E-state index contributed by atoms with van der Waals surface area (Å²) >= 11 is 14.4. The maximum absolute atomic E-state index is 13.4. The van der Waals surface area contributed by atoms with Gasteiger partial charge in [0.15, 0.2) is 5.82 Å². The summed E-state index contributed by atoms with van der Waals surface area (Å²) in [5.74, 6) is -0.936. The second-order valence-corrected chi connectivity index (χ2v) is 6.93. The minimum absolute atomic E-state index is 0.215. The molecule has 0 aliphatic rings. The Morgan fingerprint density at radius 1 is 1.44 bits per heavy atom. The van der Waals surface area contributed by atoms with E-state index in [0.29, 0.717) is 11.8 Å². The molecule has 0 aliphatic carbocycles. The summed E-state index contributed by atoms with van der Waals surface area (Å²) in [4.78, 5) is -0.313. The Balaban J connectivity index is 3.10. The molecule has 1 unspecified atom stereocenters. The highest BCUT2D eigenvalue weighted by atomic mass is 79.9. The lowest BCUT2D eigenvalue weighted by atomic mass is 10.3. The van der Waals surface area contributed by atoms with Crippen LogP contribution in [0.3, 0.4) is 0 Å². The summed E-state index contributed by atoms with van der Waals surface area (Å²) in [6.45, 7) is 1.71. The molecule has 0 spiro atoms. The van der Waals surface area contributed by atoms with Crippen LogP contribution in [0.1, 0.15) is 13.3 Å². The molecule has 0 heterocycles. The second kappa shape index (κ2) is 6.52. The summed E-state index contributed by atoms with van der Waals surface area (Å²) in [7, 11) is -3.85. The van der Waals surface area contributed by atoms with E-state index in [4.69, 9.17) is 23.2 Å². The fraction of sp³-hybridized carbons (Fsp3) is 0.400. The first-order chi connectivity index (χ1) is 8.29. The molecule has 0 bridgehead atoms.